The molecule has 0 unspecified atom stereocenters. The van der Waals surface area contributed by atoms with E-state index >= 15 is 0 Å². The highest BCUT2D eigenvalue weighted by molar-refractivity contribution is 6.31. The highest BCUT2D eigenvalue weighted by Gasteiger charge is 2.15. The van der Waals surface area contributed by atoms with Crippen molar-refractivity contribution in [3.8, 4) is 0 Å². The van der Waals surface area contributed by atoms with E-state index in [0.29, 0.717) is 5.02 Å². The summed E-state index contributed by atoms with van der Waals surface area (Å²) < 4.78 is 2.15. The van der Waals surface area contributed by atoms with Gasteiger partial charge in [0.25, 0.3) is 0 Å². The van der Waals surface area contributed by atoms with Gasteiger partial charge < -0.3 is 4.57 Å². The minimum atomic E-state index is -0.148. The Morgan fingerprint density at radius 2 is 1.90 bits per heavy atom. The van der Waals surface area contributed by atoms with E-state index in [1.165, 1.54) is 5.56 Å². The van der Waals surface area contributed by atoms with Gasteiger partial charge in [-0.25, -0.2) is 4.98 Å². The van der Waals surface area contributed by atoms with Crippen LogP contribution < -0.4 is 0 Å². The molecule has 3 rings (SSSR count). The summed E-state index contributed by atoms with van der Waals surface area (Å²) in [6, 6.07) is 16.0. The Labute approximate surface area is 128 Å². The molecule has 0 radical (unpaired) electrons. The summed E-state index contributed by atoms with van der Waals surface area (Å²) in [4.78, 5) is 4.62. The fourth-order valence-corrected chi connectivity index (χ4v) is 2.69. The van der Waals surface area contributed by atoms with E-state index in [2.05, 4.69) is 21.7 Å². The first-order valence-electron chi connectivity index (χ1n) is 6.49. The van der Waals surface area contributed by atoms with Crippen LogP contribution in [0, 0.1) is 0 Å². The van der Waals surface area contributed by atoms with Crippen LogP contribution in [0.5, 0.6) is 0 Å². The Morgan fingerprint density at radius 1 is 1.15 bits per heavy atom. The lowest BCUT2D eigenvalue weighted by atomic mass is 10.2. The highest BCUT2D eigenvalue weighted by Crippen LogP contribution is 2.27. The second-order valence-corrected chi connectivity index (χ2v) is 5.88. The van der Waals surface area contributed by atoms with Crippen molar-refractivity contribution in [1.29, 1.82) is 0 Å². The first kappa shape index (κ1) is 13.5. The van der Waals surface area contributed by atoms with Gasteiger partial charge in [0.2, 0.25) is 0 Å². The molecule has 2 aromatic carbocycles. The van der Waals surface area contributed by atoms with Crippen LogP contribution in [0.4, 0.5) is 0 Å². The average Bonchev–Trinajstić information content (AvgIpc) is 2.78. The second-order valence-electron chi connectivity index (χ2n) is 4.79. The molecule has 1 aromatic heterocycles. The maximum absolute atomic E-state index is 6.27. The smallest absolute Gasteiger partial charge is 0.128 e. The van der Waals surface area contributed by atoms with Crippen LogP contribution in [-0.2, 0) is 6.54 Å². The van der Waals surface area contributed by atoms with E-state index in [1.54, 1.807) is 0 Å². The molecule has 0 saturated carbocycles. The van der Waals surface area contributed by atoms with Crippen LogP contribution >= 0.6 is 23.2 Å². The Hall–Kier alpha value is -1.51. The third-order valence-corrected chi connectivity index (χ3v) is 3.71. The Kier molecular flexibility index (Phi) is 3.68. The first-order chi connectivity index (χ1) is 9.65. The quantitative estimate of drug-likeness (QED) is 0.620. The van der Waals surface area contributed by atoms with Crippen LogP contribution in [0.15, 0.2) is 48.5 Å². The van der Waals surface area contributed by atoms with Gasteiger partial charge in [0.1, 0.15) is 5.82 Å². The molecule has 0 saturated heterocycles. The number of hydrogen-bond acceptors (Lipinski definition) is 1. The number of alkyl halides is 1. The van der Waals surface area contributed by atoms with Gasteiger partial charge in [-0.1, -0.05) is 41.9 Å². The maximum atomic E-state index is 6.27. The molecule has 2 nitrogen and oxygen atoms in total. The van der Waals surface area contributed by atoms with Gasteiger partial charge in [-0.05, 0) is 30.7 Å². The molecule has 1 heterocycles. The largest absolute Gasteiger partial charge is 0.322 e. The molecular weight excluding hydrogens is 291 g/mol. The molecule has 20 heavy (non-hydrogen) atoms. The Bertz CT molecular complexity index is 733. The average molecular weight is 305 g/mol. The molecule has 0 N–H and O–H groups in total. The predicted octanol–water partition coefficient (Wildman–Crippen LogP) is 5.04. The molecule has 4 heteroatoms. The van der Waals surface area contributed by atoms with Crippen molar-refractivity contribution < 1.29 is 0 Å². The van der Waals surface area contributed by atoms with E-state index < -0.39 is 0 Å². The minimum absolute atomic E-state index is 0.148. The molecule has 0 fully saturated rings. The summed E-state index contributed by atoms with van der Waals surface area (Å²) in [6.45, 7) is 2.69. The van der Waals surface area contributed by atoms with Crippen molar-refractivity contribution in [3.63, 3.8) is 0 Å². The number of aromatic nitrogens is 2. The van der Waals surface area contributed by atoms with Crippen LogP contribution in [0.3, 0.4) is 0 Å². The minimum Gasteiger partial charge on any atom is -0.322 e. The second kappa shape index (κ2) is 5.47. The zero-order valence-corrected chi connectivity index (χ0v) is 12.6. The van der Waals surface area contributed by atoms with Gasteiger partial charge in [-0.15, -0.1) is 11.6 Å². The molecule has 0 amide bonds. The topological polar surface area (TPSA) is 17.8 Å². The summed E-state index contributed by atoms with van der Waals surface area (Å²) in [5, 5.41) is 0.542. The molecule has 0 bridgehead atoms. The van der Waals surface area contributed by atoms with Crippen molar-refractivity contribution in [2.75, 3.05) is 0 Å². The van der Waals surface area contributed by atoms with Crippen molar-refractivity contribution in [3.05, 3.63) is 64.9 Å². The predicted molar refractivity (Wildman–Crippen MR) is 84.6 cm³/mol. The van der Waals surface area contributed by atoms with Gasteiger partial charge in [0.15, 0.2) is 0 Å². The van der Waals surface area contributed by atoms with Crippen LogP contribution in [0.1, 0.15) is 23.7 Å². The number of benzene rings is 2. The van der Waals surface area contributed by atoms with Crippen molar-refractivity contribution in [2.24, 2.45) is 0 Å². The number of nitrogens with zero attached hydrogens (tertiary/aromatic N) is 2. The third-order valence-electron chi connectivity index (χ3n) is 3.28. The van der Waals surface area contributed by atoms with Gasteiger partial charge in [-0.2, -0.15) is 0 Å². The van der Waals surface area contributed by atoms with Crippen LogP contribution in [0.2, 0.25) is 5.02 Å². The summed E-state index contributed by atoms with van der Waals surface area (Å²) in [6.07, 6.45) is 0. The van der Waals surface area contributed by atoms with E-state index in [0.717, 1.165) is 23.4 Å². The summed E-state index contributed by atoms with van der Waals surface area (Å²) in [7, 11) is 0. The molecular formula is C16H14Cl2N2. The lowest BCUT2D eigenvalue weighted by Gasteiger charge is -2.10. The third kappa shape index (κ3) is 2.54. The van der Waals surface area contributed by atoms with Gasteiger partial charge >= 0.3 is 0 Å². The van der Waals surface area contributed by atoms with E-state index in [1.807, 2.05) is 43.3 Å². The monoisotopic (exact) mass is 304 g/mol. The number of hydrogen-bond donors (Lipinski definition) is 0. The van der Waals surface area contributed by atoms with Gasteiger partial charge in [0.05, 0.1) is 16.4 Å². The standard InChI is InChI=1S/C16H14Cl2N2/c1-11(17)16-19-14-9-13(18)7-8-15(14)20(16)10-12-5-3-2-4-6-12/h2-9,11H,10H2,1H3/t11-/m1/s1. The Balaban J connectivity index is 2.14. The molecule has 0 aliphatic heterocycles. The number of imidazole rings is 1. The SMILES string of the molecule is C[C@@H](Cl)c1nc2cc(Cl)ccc2n1Cc1ccccc1. The van der Waals surface area contributed by atoms with E-state index in [-0.39, 0.29) is 5.38 Å². The number of rotatable bonds is 3. The van der Waals surface area contributed by atoms with Gasteiger partial charge in [-0.3, -0.25) is 0 Å². The van der Waals surface area contributed by atoms with Crippen LogP contribution in [0.25, 0.3) is 11.0 Å². The highest BCUT2D eigenvalue weighted by atomic mass is 35.5. The van der Waals surface area contributed by atoms with Crippen molar-refractivity contribution in [1.82, 2.24) is 9.55 Å². The van der Waals surface area contributed by atoms with Crippen LogP contribution in [-0.4, -0.2) is 9.55 Å². The molecule has 1 atom stereocenters. The molecule has 0 aliphatic carbocycles. The number of fused-ring (bicyclic) bond motifs is 1. The molecule has 102 valence electrons. The first-order valence-corrected chi connectivity index (χ1v) is 7.30. The zero-order chi connectivity index (χ0) is 14.1. The summed E-state index contributed by atoms with van der Waals surface area (Å²) >= 11 is 12.3. The molecule has 3 aromatic rings. The fraction of sp³-hybridized carbons (Fsp3) is 0.188. The van der Waals surface area contributed by atoms with E-state index in [4.69, 9.17) is 23.2 Å². The fourth-order valence-electron chi connectivity index (χ4n) is 2.36. The lowest BCUT2D eigenvalue weighted by molar-refractivity contribution is 0.742. The van der Waals surface area contributed by atoms with Crippen molar-refractivity contribution in [2.45, 2.75) is 18.8 Å². The number of halogens is 2. The summed E-state index contributed by atoms with van der Waals surface area (Å²) in [5.41, 5.74) is 3.16. The zero-order valence-electron chi connectivity index (χ0n) is 11.1. The summed E-state index contributed by atoms with van der Waals surface area (Å²) in [5.74, 6) is 0.868. The van der Waals surface area contributed by atoms with E-state index in [9.17, 15) is 0 Å². The lowest BCUT2D eigenvalue weighted by Crippen LogP contribution is -2.05. The normalized spacial score (nSPS) is 12.8. The van der Waals surface area contributed by atoms with Gasteiger partial charge in [0, 0.05) is 11.6 Å². The Morgan fingerprint density at radius 3 is 2.60 bits per heavy atom. The van der Waals surface area contributed by atoms with Crippen molar-refractivity contribution >= 4 is 34.2 Å². The maximum Gasteiger partial charge on any atom is 0.128 e. The molecule has 0 aliphatic rings. The molecule has 0 spiro atoms.